The van der Waals surface area contributed by atoms with E-state index in [9.17, 15) is 4.79 Å². The largest absolute Gasteiger partial charge is 0.481 e. The number of carboxylic acids is 1. The third-order valence-electron chi connectivity index (χ3n) is 3.01. The smallest absolute Gasteiger partial charge is 0.306 e. The van der Waals surface area contributed by atoms with Crippen molar-refractivity contribution >= 4 is 5.97 Å². The quantitative estimate of drug-likeness (QED) is 0.691. The van der Waals surface area contributed by atoms with Crippen LogP contribution in [0.4, 0.5) is 0 Å². The van der Waals surface area contributed by atoms with E-state index < -0.39 is 5.97 Å². The summed E-state index contributed by atoms with van der Waals surface area (Å²) in [6.45, 7) is 4.38. The Hall–Kier alpha value is -0.530. The van der Waals surface area contributed by atoms with E-state index >= 15 is 0 Å². The predicted molar refractivity (Wildman–Crippen MR) is 47.9 cm³/mol. The van der Waals surface area contributed by atoms with Gasteiger partial charge < -0.3 is 5.11 Å². The van der Waals surface area contributed by atoms with Crippen LogP contribution >= 0.6 is 0 Å². The fourth-order valence-electron chi connectivity index (χ4n) is 2.06. The maximum Gasteiger partial charge on any atom is 0.306 e. The molecule has 0 radical (unpaired) electrons. The molecule has 0 aromatic rings. The molecule has 2 heteroatoms. The topological polar surface area (TPSA) is 37.3 Å². The van der Waals surface area contributed by atoms with Crippen molar-refractivity contribution in [2.24, 2.45) is 17.8 Å². The van der Waals surface area contributed by atoms with Gasteiger partial charge in [0.05, 0.1) is 5.92 Å². The summed E-state index contributed by atoms with van der Waals surface area (Å²) in [5.74, 6) is 0.624. The van der Waals surface area contributed by atoms with E-state index in [1.165, 1.54) is 6.42 Å². The first-order chi connectivity index (χ1) is 5.61. The highest BCUT2D eigenvalue weighted by Gasteiger charge is 2.28. The molecule has 0 saturated heterocycles. The van der Waals surface area contributed by atoms with Crippen LogP contribution in [0.5, 0.6) is 0 Å². The molecule has 1 fully saturated rings. The summed E-state index contributed by atoms with van der Waals surface area (Å²) in [7, 11) is 0. The van der Waals surface area contributed by atoms with Crippen LogP contribution in [-0.2, 0) is 4.79 Å². The molecule has 1 saturated carbocycles. The average molecular weight is 170 g/mol. The lowest BCUT2D eigenvalue weighted by Gasteiger charge is -2.29. The first-order valence-electron chi connectivity index (χ1n) is 4.84. The minimum atomic E-state index is -0.597. The zero-order valence-electron chi connectivity index (χ0n) is 7.92. The van der Waals surface area contributed by atoms with E-state index in [4.69, 9.17) is 5.11 Å². The molecule has 0 aromatic carbocycles. The van der Waals surface area contributed by atoms with Gasteiger partial charge in [0.2, 0.25) is 0 Å². The van der Waals surface area contributed by atoms with Gasteiger partial charge in [-0.2, -0.15) is 0 Å². The molecule has 0 amide bonds. The van der Waals surface area contributed by atoms with Gasteiger partial charge in [-0.15, -0.1) is 0 Å². The molecule has 12 heavy (non-hydrogen) atoms. The zero-order valence-corrected chi connectivity index (χ0v) is 7.92. The minimum absolute atomic E-state index is 0.0638. The van der Waals surface area contributed by atoms with Crippen molar-refractivity contribution in [3.05, 3.63) is 0 Å². The average Bonchev–Trinajstić information content (AvgIpc) is 2.04. The number of hydrogen-bond donors (Lipinski definition) is 1. The van der Waals surface area contributed by atoms with Gasteiger partial charge in [0.15, 0.2) is 0 Å². The summed E-state index contributed by atoms with van der Waals surface area (Å²) < 4.78 is 0. The molecular formula is C10H18O2. The van der Waals surface area contributed by atoms with Crippen molar-refractivity contribution in [3.63, 3.8) is 0 Å². The van der Waals surface area contributed by atoms with Crippen molar-refractivity contribution in [1.29, 1.82) is 0 Å². The van der Waals surface area contributed by atoms with Gasteiger partial charge in [-0.3, -0.25) is 4.79 Å². The summed E-state index contributed by atoms with van der Waals surface area (Å²) >= 11 is 0. The van der Waals surface area contributed by atoms with Gasteiger partial charge in [0.25, 0.3) is 0 Å². The van der Waals surface area contributed by atoms with E-state index in [0.717, 1.165) is 19.3 Å². The molecule has 0 aliphatic heterocycles. The highest BCUT2D eigenvalue weighted by atomic mass is 16.4. The van der Waals surface area contributed by atoms with Crippen LogP contribution < -0.4 is 0 Å². The van der Waals surface area contributed by atoms with E-state index in [0.29, 0.717) is 11.8 Å². The second kappa shape index (κ2) is 3.92. The molecule has 1 aliphatic rings. The first kappa shape index (κ1) is 9.56. The van der Waals surface area contributed by atoms with Crippen LogP contribution in [0.1, 0.15) is 39.5 Å². The Morgan fingerprint density at radius 1 is 1.42 bits per heavy atom. The summed E-state index contributed by atoms with van der Waals surface area (Å²) in [4.78, 5) is 10.7. The Morgan fingerprint density at radius 3 is 2.58 bits per heavy atom. The maximum absolute atomic E-state index is 10.7. The summed E-state index contributed by atoms with van der Waals surface area (Å²) in [5, 5.41) is 8.84. The van der Waals surface area contributed by atoms with Crippen LogP contribution in [0.15, 0.2) is 0 Å². The first-order valence-corrected chi connectivity index (χ1v) is 4.84. The standard InChI is InChI=1S/C10H18O2/c1-7(2)8-4-3-5-9(6-8)10(11)12/h7-9H,3-6H2,1-2H3,(H,11,12)/t8-,9+/m0/s1. The molecule has 0 aromatic heterocycles. The number of carboxylic acid groups (broad SMARTS) is 1. The van der Waals surface area contributed by atoms with Crippen molar-refractivity contribution in [1.82, 2.24) is 0 Å². The number of carbonyl (C=O) groups is 1. The van der Waals surface area contributed by atoms with Crippen LogP contribution in [0.3, 0.4) is 0 Å². The van der Waals surface area contributed by atoms with E-state index in [1.54, 1.807) is 0 Å². The number of hydrogen-bond acceptors (Lipinski definition) is 1. The summed E-state index contributed by atoms with van der Waals surface area (Å²) in [6.07, 6.45) is 4.10. The Balaban J connectivity index is 2.46. The van der Waals surface area contributed by atoms with Crippen molar-refractivity contribution in [2.45, 2.75) is 39.5 Å². The molecule has 0 bridgehead atoms. The second-order valence-electron chi connectivity index (χ2n) is 4.21. The van der Waals surface area contributed by atoms with E-state index in [1.807, 2.05) is 0 Å². The van der Waals surface area contributed by atoms with Gasteiger partial charge in [0.1, 0.15) is 0 Å². The normalized spacial score (nSPS) is 30.6. The Labute approximate surface area is 74.0 Å². The zero-order chi connectivity index (χ0) is 9.14. The fraction of sp³-hybridized carbons (Fsp3) is 0.900. The highest BCUT2D eigenvalue weighted by Crippen LogP contribution is 2.33. The van der Waals surface area contributed by atoms with Crippen molar-refractivity contribution in [2.75, 3.05) is 0 Å². The van der Waals surface area contributed by atoms with Crippen LogP contribution in [0, 0.1) is 17.8 Å². The van der Waals surface area contributed by atoms with Crippen LogP contribution in [-0.4, -0.2) is 11.1 Å². The molecule has 2 atom stereocenters. The predicted octanol–water partition coefficient (Wildman–Crippen LogP) is 2.53. The van der Waals surface area contributed by atoms with Crippen LogP contribution in [0.2, 0.25) is 0 Å². The molecule has 0 heterocycles. The lowest BCUT2D eigenvalue weighted by Crippen LogP contribution is -2.25. The molecule has 1 aliphatic carbocycles. The summed E-state index contributed by atoms with van der Waals surface area (Å²) in [6, 6.07) is 0. The maximum atomic E-state index is 10.7. The number of aliphatic carboxylic acids is 1. The third kappa shape index (κ3) is 2.23. The molecule has 2 nitrogen and oxygen atoms in total. The summed E-state index contributed by atoms with van der Waals surface area (Å²) in [5.41, 5.74) is 0. The molecule has 0 spiro atoms. The fourth-order valence-corrected chi connectivity index (χ4v) is 2.06. The van der Waals surface area contributed by atoms with Gasteiger partial charge in [0, 0.05) is 0 Å². The Kier molecular flexibility index (Phi) is 3.12. The lowest BCUT2D eigenvalue weighted by molar-refractivity contribution is -0.143. The molecule has 1 N–H and O–H groups in total. The highest BCUT2D eigenvalue weighted by molar-refractivity contribution is 5.70. The van der Waals surface area contributed by atoms with Gasteiger partial charge in [-0.25, -0.2) is 0 Å². The van der Waals surface area contributed by atoms with Crippen LogP contribution in [0.25, 0.3) is 0 Å². The molecule has 70 valence electrons. The van der Waals surface area contributed by atoms with E-state index in [2.05, 4.69) is 13.8 Å². The molecule has 0 unspecified atom stereocenters. The van der Waals surface area contributed by atoms with E-state index in [-0.39, 0.29) is 5.92 Å². The van der Waals surface area contributed by atoms with Gasteiger partial charge in [-0.1, -0.05) is 26.7 Å². The molecular weight excluding hydrogens is 152 g/mol. The monoisotopic (exact) mass is 170 g/mol. The second-order valence-corrected chi connectivity index (χ2v) is 4.21. The lowest BCUT2D eigenvalue weighted by atomic mass is 9.76. The molecule has 1 rings (SSSR count). The van der Waals surface area contributed by atoms with Crippen molar-refractivity contribution in [3.8, 4) is 0 Å². The SMILES string of the molecule is CC(C)[C@H]1CCC[C@@H](C(=O)O)C1. The van der Waals surface area contributed by atoms with Gasteiger partial charge >= 0.3 is 5.97 Å². The van der Waals surface area contributed by atoms with Crippen molar-refractivity contribution < 1.29 is 9.90 Å². The number of rotatable bonds is 2. The van der Waals surface area contributed by atoms with Gasteiger partial charge in [-0.05, 0) is 24.7 Å². The minimum Gasteiger partial charge on any atom is -0.481 e. The Morgan fingerprint density at radius 2 is 2.08 bits per heavy atom. The Bertz CT molecular complexity index is 163. The third-order valence-corrected chi connectivity index (χ3v) is 3.01.